The molecule has 1 aliphatic carbocycles. The molecule has 12 nitrogen and oxygen atoms in total. The molecule has 1 aliphatic heterocycles. The monoisotopic (exact) mass is 738 g/mol. The number of carbonyl (C=O) groups is 4. The largest absolute Gasteiger partial charge is 0.349 e. The number of halogens is 3. The van der Waals surface area contributed by atoms with E-state index in [1.54, 1.807) is 17.9 Å². The number of nitrogens with zero attached hydrogens (tertiary/aromatic N) is 5. The van der Waals surface area contributed by atoms with Gasteiger partial charge in [-0.3, -0.25) is 19.2 Å². The van der Waals surface area contributed by atoms with Gasteiger partial charge in [-0.2, -0.15) is 14.0 Å². The normalized spacial score (nSPS) is 17.6. The van der Waals surface area contributed by atoms with E-state index in [0.717, 1.165) is 55.4 Å². The summed E-state index contributed by atoms with van der Waals surface area (Å²) in [6, 6.07) is 7.82. The first-order valence-corrected chi connectivity index (χ1v) is 18.0. The fraction of sp³-hybridized carbons (Fsp3) is 0.472. The molecule has 3 N–H and O–H groups in total. The molecule has 2 heterocycles. The lowest BCUT2D eigenvalue weighted by atomic mass is 9.90. The summed E-state index contributed by atoms with van der Waals surface area (Å²) in [6.07, 6.45) is 5.54. The Kier molecular flexibility index (Phi) is 12.6. The summed E-state index contributed by atoms with van der Waals surface area (Å²) < 4.78 is 50.3. The number of anilines is 1. The van der Waals surface area contributed by atoms with E-state index in [0.29, 0.717) is 44.6 Å². The lowest BCUT2D eigenvalue weighted by molar-refractivity contribution is -0.149. The van der Waals surface area contributed by atoms with Gasteiger partial charge >= 0.3 is 5.92 Å². The van der Waals surface area contributed by atoms with Crippen molar-refractivity contribution in [1.29, 1.82) is 5.26 Å². The summed E-state index contributed by atoms with van der Waals surface area (Å²) in [5.74, 6) is -9.53. The van der Waals surface area contributed by atoms with Gasteiger partial charge in [0.1, 0.15) is 22.8 Å². The third-order valence-electron chi connectivity index (χ3n) is 9.81. The molecule has 0 radical (unpaired) electrons. The Morgan fingerprint density at radius 1 is 1.00 bits per heavy atom. The Hall–Kier alpha value is -4.88. The number of alkyl halides is 2. The molecule has 2 fully saturated rings. The van der Waals surface area contributed by atoms with Gasteiger partial charge in [-0.25, -0.2) is 4.39 Å². The molecule has 276 valence electrons. The number of hydrogen-bond donors (Lipinski definition) is 3. The van der Waals surface area contributed by atoms with Crippen LogP contribution in [0.4, 0.5) is 18.9 Å². The van der Waals surface area contributed by atoms with Crippen LogP contribution in [-0.4, -0.2) is 88.3 Å². The molecule has 3 unspecified atom stereocenters. The summed E-state index contributed by atoms with van der Waals surface area (Å²) in [6.45, 7) is 3.88. The number of piperazine rings is 1. The fourth-order valence-electron chi connectivity index (χ4n) is 6.61. The molecule has 2 aliphatic rings. The molecule has 4 amide bonds. The van der Waals surface area contributed by atoms with Gasteiger partial charge in [0.2, 0.25) is 11.8 Å². The highest BCUT2D eigenvalue weighted by Gasteiger charge is 2.44. The molecule has 16 heteroatoms. The summed E-state index contributed by atoms with van der Waals surface area (Å²) in [7, 11) is 1.95. The molecule has 2 aromatic carbocycles. The zero-order valence-corrected chi connectivity index (χ0v) is 29.7. The molecule has 1 saturated heterocycles. The van der Waals surface area contributed by atoms with Gasteiger partial charge in [-0.15, -0.1) is 5.10 Å². The molecule has 0 bridgehead atoms. The van der Waals surface area contributed by atoms with Crippen molar-refractivity contribution in [3.63, 3.8) is 0 Å². The van der Waals surface area contributed by atoms with E-state index in [1.165, 1.54) is 30.5 Å². The maximum atomic E-state index is 15.8. The Morgan fingerprint density at radius 3 is 2.35 bits per heavy atom. The number of carbonyl (C=O) groups excluding carboxylic acids is 4. The second-order valence-corrected chi connectivity index (χ2v) is 14.1. The number of amides is 4. The van der Waals surface area contributed by atoms with Crippen LogP contribution in [0.1, 0.15) is 77.7 Å². The highest BCUT2D eigenvalue weighted by molar-refractivity contribution is 7.07. The van der Waals surface area contributed by atoms with Gasteiger partial charge in [0, 0.05) is 37.7 Å². The number of benzene rings is 2. The highest BCUT2D eigenvalue weighted by Crippen LogP contribution is 2.32. The van der Waals surface area contributed by atoms with E-state index >= 15 is 13.2 Å². The van der Waals surface area contributed by atoms with Crippen LogP contribution in [0, 0.1) is 23.1 Å². The van der Waals surface area contributed by atoms with Crippen molar-refractivity contribution < 1.29 is 32.3 Å². The summed E-state index contributed by atoms with van der Waals surface area (Å²) in [4.78, 5) is 57.5. The molecule has 3 atom stereocenters. The molecular formula is C36H41F3N8O4S. The number of nitriles is 1. The minimum Gasteiger partial charge on any atom is -0.339 e. The topological polar surface area (TPSA) is 160 Å². The number of hydrogen-bond acceptors (Lipinski definition) is 9. The van der Waals surface area contributed by atoms with E-state index in [4.69, 9.17) is 5.26 Å². The van der Waals surface area contributed by atoms with E-state index < -0.39 is 58.9 Å². The number of rotatable bonds is 11. The maximum Gasteiger partial charge on any atom is 0.349 e. The van der Waals surface area contributed by atoms with Crippen LogP contribution in [0.25, 0.3) is 0 Å². The van der Waals surface area contributed by atoms with Crippen molar-refractivity contribution in [3.8, 4) is 6.07 Å². The van der Waals surface area contributed by atoms with Crippen molar-refractivity contribution in [2.75, 3.05) is 38.5 Å². The molecular weight excluding hydrogens is 698 g/mol. The highest BCUT2D eigenvalue weighted by atomic mass is 32.1. The molecule has 5 rings (SSSR count). The maximum absolute atomic E-state index is 15.8. The number of nitrogens with one attached hydrogen (secondary N) is 3. The van der Waals surface area contributed by atoms with Gasteiger partial charge in [-0.05, 0) is 67.2 Å². The predicted molar refractivity (Wildman–Crippen MR) is 187 cm³/mol. The first-order valence-electron chi connectivity index (χ1n) is 17.2. The van der Waals surface area contributed by atoms with Gasteiger partial charge in [-0.1, -0.05) is 55.3 Å². The van der Waals surface area contributed by atoms with E-state index in [-0.39, 0.29) is 22.0 Å². The number of likely N-dealkylation sites (N-methyl/N-ethyl adjacent to an activating group) is 1. The van der Waals surface area contributed by atoms with Crippen LogP contribution in [0.3, 0.4) is 0 Å². The second-order valence-electron chi connectivity index (χ2n) is 13.3. The molecule has 0 spiro atoms. The average Bonchev–Trinajstić information content (AvgIpc) is 3.56. The Balaban J connectivity index is 1.36. The zero-order chi connectivity index (χ0) is 37.4. The van der Waals surface area contributed by atoms with Crippen molar-refractivity contribution in [2.45, 2.75) is 69.4 Å². The van der Waals surface area contributed by atoms with Crippen molar-refractivity contribution in [3.05, 3.63) is 76.0 Å². The van der Waals surface area contributed by atoms with Crippen molar-refractivity contribution in [1.82, 2.24) is 30.0 Å². The average molecular weight is 739 g/mol. The molecule has 3 aromatic rings. The molecule has 52 heavy (non-hydrogen) atoms. The SMILES string of the molecule is CC(c1ccc(NC(=O)C(NC(=O)C(F)(F)c2cccc(C#N)c2)C2CCCCCC2)c(F)c1)C(NC(=O)c1cnns1)C(=O)N1CCN(C)CC1. The summed E-state index contributed by atoms with van der Waals surface area (Å²) in [5, 5.41) is 20.4. The van der Waals surface area contributed by atoms with Crippen LogP contribution in [0.15, 0.2) is 48.7 Å². The molecule has 1 saturated carbocycles. The predicted octanol–water partition coefficient (Wildman–Crippen LogP) is 4.41. The Bertz CT molecular complexity index is 1790. The van der Waals surface area contributed by atoms with Gasteiger partial charge in [0.05, 0.1) is 23.5 Å². The quantitative estimate of drug-likeness (QED) is 0.244. The van der Waals surface area contributed by atoms with E-state index in [9.17, 15) is 19.2 Å². The third-order valence-corrected chi connectivity index (χ3v) is 10.5. The fourth-order valence-corrected chi connectivity index (χ4v) is 7.03. The van der Waals surface area contributed by atoms with Crippen LogP contribution < -0.4 is 16.0 Å². The first-order chi connectivity index (χ1) is 24.9. The van der Waals surface area contributed by atoms with Crippen molar-refractivity contribution in [2.24, 2.45) is 5.92 Å². The minimum atomic E-state index is -4.05. The summed E-state index contributed by atoms with van der Waals surface area (Å²) >= 11 is 0.872. The van der Waals surface area contributed by atoms with Gasteiger partial charge in [0.25, 0.3) is 11.8 Å². The van der Waals surface area contributed by atoms with Crippen LogP contribution >= 0.6 is 11.5 Å². The van der Waals surface area contributed by atoms with E-state index in [2.05, 4.69) is 30.4 Å². The van der Waals surface area contributed by atoms with Crippen LogP contribution in [-0.2, 0) is 20.3 Å². The van der Waals surface area contributed by atoms with Crippen LogP contribution in [0.2, 0.25) is 0 Å². The third kappa shape index (κ3) is 9.12. The Labute approximate surface area is 303 Å². The lowest BCUT2D eigenvalue weighted by Crippen LogP contribution is -2.55. The van der Waals surface area contributed by atoms with Gasteiger partial charge in [0.15, 0.2) is 0 Å². The Morgan fingerprint density at radius 2 is 1.71 bits per heavy atom. The summed E-state index contributed by atoms with van der Waals surface area (Å²) in [5.41, 5.74) is -0.627. The second kappa shape index (κ2) is 17.1. The smallest absolute Gasteiger partial charge is 0.339 e. The standard InChI is InChI=1S/C36H41F3N8O4S/c1-22(30(43-32(48)29-21-41-45-52-29)34(50)47-16-14-46(2)15-17-47)25-12-13-28(27(37)19-25)42-33(49)31(24-9-5-3-4-6-10-24)44-35(51)36(38,39)26-11-7-8-23(18-26)20-40/h7-8,11-13,18-19,21-22,24,30-31H,3-6,9-10,14-17H2,1-2H3,(H,42,49)(H,43,48)(H,44,51). The van der Waals surface area contributed by atoms with Crippen molar-refractivity contribution >= 4 is 40.8 Å². The van der Waals surface area contributed by atoms with Crippen LogP contribution in [0.5, 0.6) is 0 Å². The molecule has 1 aromatic heterocycles. The number of aromatic nitrogens is 2. The zero-order valence-electron chi connectivity index (χ0n) is 28.9. The van der Waals surface area contributed by atoms with E-state index in [1.807, 2.05) is 7.05 Å². The minimum absolute atomic E-state index is 0.0502. The van der Waals surface area contributed by atoms with Gasteiger partial charge < -0.3 is 25.8 Å². The first kappa shape index (κ1) is 38.4. The lowest BCUT2D eigenvalue weighted by Gasteiger charge is -2.36.